The Morgan fingerprint density at radius 3 is 2.75 bits per heavy atom. The number of aliphatic hydroxyl groups excluding tert-OH is 2. The molecule has 112 valence electrons. The fourth-order valence-electron chi connectivity index (χ4n) is 2.49. The van der Waals surface area contributed by atoms with Crippen LogP contribution in [-0.2, 0) is 14.3 Å². The highest BCUT2D eigenvalue weighted by atomic mass is 16.6. The van der Waals surface area contributed by atoms with E-state index in [-0.39, 0.29) is 25.8 Å². The summed E-state index contributed by atoms with van der Waals surface area (Å²) in [6.07, 6.45) is -0.223. The third-order valence-corrected chi connectivity index (χ3v) is 3.63. The first-order valence-corrected chi connectivity index (χ1v) is 6.64. The van der Waals surface area contributed by atoms with Gasteiger partial charge in [0, 0.05) is 25.8 Å². The van der Waals surface area contributed by atoms with Gasteiger partial charge >= 0.3 is 5.97 Å². The molecular formula is C13H19NO6. The summed E-state index contributed by atoms with van der Waals surface area (Å²) in [5, 5.41) is 32.5. The molecule has 4 atom stereocenters. The van der Waals surface area contributed by atoms with Crippen molar-refractivity contribution in [2.75, 3.05) is 6.54 Å². The van der Waals surface area contributed by atoms with E-state index in [0.717, 1.165) is 0 Å². The summed E-state index contributed by atoms with van der Waals surface area (Å²) in [5.74, 6) is -1.18. The molecule has 20 heavy (non-hydrogen) atoms. The van der Waals surface area contributed by atoms with Gasteiger partial charge in [0.15, 0.2) is 0 Å². The van der Waals surface area contributed by atoms with Crippen molar-refractivity contribution in [3.05, 3.63) is 12.2 Å². The largest absolute Gasteiger partial charge is 0.459 e. The lowest BCUT2D eigenvalue weighted by Gasteiger charge is -2.40. The van der Waals surface area contributed by atoms with Gasteiger partial charge in [-0.3, -0.25) is 9.59 Å². The van der Waals surface area contributed by atoms with Crippen LogP contribution in [0.2, 0.25) is 0 Å². The van der Waals surface area contributed by atoms with Crippen molar-refractivity contribution in [3.8, 4) is 0 Å². The molecule has 0 spiro atoms. The summed E-state index contributed by atoms with van der Waals surface area (Å²) in [4.78, 5) is 23.6. The monoisotopic (exact) mass is 285 g/mol. The van der Waals surface area contributed by atoms with Crippen LogP contribution in [0.15, 0.2) is 12.2 Å². The Balaban J connectivity index is 2.23. The summed E-state index contributed by atoms with van der Waals surface area (Å²) in [5.41, 5.74) is -1.85. The van der Waals surface area contributed by atoms with Crippen molar-refractivity contribution in [2.24, 2.45) is 0 Å². The SMILES string of the molecule is O=C1CC/C=C/CNC(=O)[C@]2(O)C[C@@H](O)[C@@H](O)[C@@H](C2)O1. The van der Waals surface area contributed by atoms with E-state index in [1.807, 2.05) is 0 Å². The smallest absolute Gasteiger partial charge is 0.306 e. The molecule has 4 N–H and O–H groups in total. The first-order chi connectivity index (χ1) is 9.42. The lowest BCUT2D eigenvalue weighted by Crippen LogP contribution is -2.59. The van der Waals surface area contributed by atoms with Gasteiger partial charge in [-0.05, 0) is 6.42 Å². The van der Waals surface area contributed by atoms with Crippen LogP contribution in [0.3, 0.4) is 0 Å². The van der Waals surface area contributed by atoms with Crippen LogP contribution >= 0.6 is 0 Å². The first-order valence-electron chi connectivity index (χ1n) is 6.64. The zero-order valence-corrected chi connectivity index (χ0v) is 11.0. The van der Waals surface area contributed by atoms with Gasteiger partial charge in [-0.15, -0.1) is 0 Å². The van der Waals surface area contributed by atoms with Crippen molar-refractivity contribution >= 4 is 11.9 Å². The molecule has 1 heterocycles. The average Bonchev–Trinajstić information content (AvgIpc) is 2.38. The van der Waals surface area contributed by atoms with Gasteiger partial charge in [0.2, 0.25) is 0 Å². The number of aliphatic hydroxyl groups is 3. The molecule has 1 fully saturated rings. The Hall–Kier alpha value is -1.44. The number of nitrogens with one attached hydrogen (secondary N) is 1. The standard InChI is InChI=1S/C13H19NO6/c15-8-6-13(19)7-9(11(8)17)20-10(16)4-2-1-3-5-14-12(13)18/h1,3,8-9,11,15,17,19H,2,4-7H2,(H,14,18)/b3-1+/t8-,9-,11-,13+/m1/s1. The Labute approximate surface area is 116 Å². The fraction of sp³-hybridized carbons (Fsp3) is 0.692. The van der Waals surface area contributed by atoms with Crippen LogP contribution in [0.5, 0.6) is 0 Å². The van der Waals surface area contributed by atoms with Crippen molar-refractivity contribution in [1.82, 2.24) is 5.32 Å². The number of rotatable bonds is 0. The van der Waals surface area contributed by atoms with E-state index < -0.39 is 35.8 Å². The van der Waals surface area contributed by atoms with E-state index in [4.69, 9.17) is 4.74 Å². The Bertz CT molecular complexity index is 423. The molecule has 1 amide bonds. The third kappa shape index (κ3) is 3.17. The van der Waals surface area contributed by atoms with Gasteiger partial charge < -0.3 is 25.4 Å². The molecule has 1 aliphatic heterocycles. The highest BCUT2D eigenvalue weighted by Gasteiger charge is 2.50. The van der Waals surface area contributed by atoms with Gasteiger partial charge in [0.1, 0.15) is 17.8 Å². The Morgan fingerprint density at radius 1 is 1.25 bits per heavy atom. The second-order valence-corrected chi connectivity index (χ2v) is 5.25. The molecule has 7 heteroatoms. The molecule has 0 aromatic carbocycles. The molecule has 1 aliphatic carbocycles. The lowest BCUT2D eigenvalue weighted by molar-refractivity contribution is -0.189. The average molecular weight is 285 g/mol. The topological polar surface area (TPSA) is 116 Å². The third-order valence-electron chi connectivity index (χ3n) is 3.63. The van der Waals surface area contributed by atoms with Crippen LogP contribution in [-0.4, -0.2) is 57.7 Å². The van der Waals surface area contributed by atoms with E-state index in [1.165, 1.54) is 0 Å². The lowest BCUT2D eigenvalue weighted by atomic mass is 9.79. The van der Waals surface area contributed by atoms with Gasteiger partial charge in [0.05, 0.1) is 6.10 Å². The van der Waals surface area contributed by atoms with E-state index >= 15 is 0 Å². The van der Waals surface area contributed by atoms with Gasteiger partial charge in [-0.1, -0.05) is 12.2 Å². The van der Waals surface area contributed by atoms with E-state index in [2.05, 4.69) is 5.32 Å². The number of esters is 1. The number of fused-ring (bicyclic) bond motifs is 2. The summed E-state index contributed by atoms with van der Waals surface area (Å²) >= 11 is 0. The number of carbonyl (C=O) groups excluding carboxylic acids is 2. The molecule has 0 unspecified atom stereocenters. The predicted molar refractivity (Wildman–Crippen MR) is 67.5 cm³/mol. The maximum absolute atomic E-state index is 12.0. The van der Waals surface area contributed by atoms with Gasteiger partial charge in [-0.25, -0.2) is 0 Å². The van der Waals surface area contributed by atoms with Crippen LogP contribution in [0.1, 0.15) is 25.7 Å². The van der Waals surface area contributed by atoms with E-state index in [9.17, 15) is 24.9 Å². The summed E-state index contributed by atoms with van der Waals surface area (Å²) < 4.78 is 5.07. The normalized spacial score (nSPS) is 40.9. The van der Waals surface area contributed by atoms with Crippen LogP contribution in [0.25, 0.3) is 0 Å². The number of allylic oxidation sites excluding steroid dienone is 1. The molecule has 2 bridgehead atoms. The maximum atomic E-state index is 12.0. The zero-order chi connectivity index (χ0) is 14.8. The molecule has 1 saturated carbocycles. The molecular weight excluding hydrogens is 266 g/mol. The van der Waals surface area contributed by atoms with Crippen LogP contribution in [0.4, 0.5) is 0 Å². The molecule has 0 radical (unpaired) electrons. The van der Waals surface area contributed by atoms with Gasteiger partial charge in [-0.2, -0.15) is 0 Å². The van der Waals surface area contributed by atoms with Crippen LogP contribution in [0, 0.1) is 0 Å². The maximum Gasteiger partial charge on any atom is 0.306 e. The minimum absolute atomic E-state index is 0.141. The molecule has 2 rings (SSSR count). The summed E-state index contributed by atoms with van der Waals surface area (Å²) in [6.45, 7) is 0.236. The predicted octanol–water partition coefficient (Wildman–Crippen LogP) is -1.39. The van der Waals surface area contributed by atoms with Gasteiger partial charge in [0.25, 0.3) is 5.91 Å². The first kappa shape index (κ1) is 15.0. The molecule has 2 aliphatic rings. The van der Waals surface area contributed by atoms with E-state index in [1.54, 1.807) is 12.2 Å². The number of hydrogen-bond donors (Lipinski definition) is 4. The summed E-state index contributed by atoms with van der Waals surface area (Å²) in [6, 6.07) is 0. The number of hydrogen-bond acceptors (Lipinski definition) is 6. The quantitative estimate of drug-likeness (QED) is 0.322. The zero-order valence-electron chi connectivity index (χ0n) is 11.0. The van der Waals surface area contributed by atoms with Crippen molar-refractivity contribution in [1.29, 1.82) is 0 Å². The minimum atomic E-state index is -1.85. The second-order valence-electron chi connectivity index (χ2n) is 5.25. The number of ether oxygens (including phenoxy) is 1. The number of carbonyl (C=O) groups is 2. The Kier molecular flexibility index (Phi) is 4.42. The van der Waals surface area contributed by atoms with Crippen LogP contribution < -0.4 is 5.32 Å². The van der Waals surface area contributed by atoms with E-state index in [0.29, 0.717) is 6.42 Å². The molecule has 0 aromatic heterocycles. The van der Waals surface area contributed by atoms with Crippen molar-refractivity contribution in [2.45, 2.75) is 49.6 Å². The number of amides is 1. The molecule has 0 saturated heterocycles. The summed E-state index contributed by atoms with van der Waals surface area (Å²) in [7, 11) is 0. The highest BCUT2D eigenvalue weighted by Crippen LogP contribution is 2.31. The fourth-order valence-corrected chi connectivity index (χ4v) is 2.49. The second kappa shape index (κ2) is 5.90. The van der Waals surface area contributed by atoms with Crippen molar-refractivity contribution < 1.29 is 29.6 Å². The Morgan fingerprint density at radius 2 is 2.00 bits per heavy atom. The molecule has 7 nitrogen and oxygen atoms in total. The van der Waals surface area contributed by atoms with Crippen molar-refractivity contribution in [3.63, 3.8) is 0 Å². The highest BCUT2D eigenvalue weighted by molar-refractivity contribution is 5.85. The minimum Gasteiger partial charge on any atom is -0.459 e. The molecule has 0 aromatic rings.